The molecule has 1 N–H and O–H groups in total. The van der Waals surface area contributed by atoms with Crippen molar-refractivity contribution in [2.45, 2.75) is 38.6 Å². The second-order valence-electron chi connectivity index (χ2n) is 5.15. The summed E-state index contributed by atoms with van der Waals surface area (Å²) in [5, 5.41) is 3.52. The zero-order chi connectivity index (χ0) is 11.2. The predicted octanol–water partition coefficient (Wildman–Crippen LogP) is 2.63. The second kappa shape index (κ2) is 8.63. The molecule has 0 amide bonds. The molecule has 2 nitrogen and oxygen atoms in total. The third kappa shape index (κ3) is 4.98. The fourth-order valence-electron chi connectivity index (χ4n) is 2.96. The van der Waals surface area contributed by atoms with Gasteiger partial charge in [-0.15, -0.1) is 12.4 Å². The molecule has 2 aliphatic heterocycles. The predicted molar refractivity (Wildman–Crippen MR) is 80.4 cm³/mol. The Bertz CT molecular complexity index is 190. The fraction of sp³-hybridized carbons (Fsp3) is 1.00. The number of nitrogens with zero attached hydrogens (tertiary/aromatic N) is 1. The van der Waals surface area contributed by atoms with Gasteiger partial charge < -0.3 is 10.2 Å². The van der Waals surface area contributed by atoms with Crippen molar-refractivity contribution < 1.29 is 0 Å². The summed E-state index contributed by atoms with van der Waals surface area (Å²) in [6.07, 6.45) is 5.57. The van der Waals surface area contributed by atoms with E-state index in [1.54, 1.807) is 0 Å². The average molecular weight is 279 g/mol. The van der Waals surface area contributed by atoms with Crippen LogP contribution in [-0.4, -0.2) is 48.6 Å². The van der Waals surface area contributed by atoms with Gasteiger partial charge >= 0.3 is 0 Å². The largest absolute Gasteiger partial charge is 0.317 e. The summed E-state index contributed by atoms with van der Waals surface area (Å²) in [5.41, 5.74) is 0. The van der Waals surface area contributed by atoms with Crippen LogP contribution in [0.5, 0.6) is 0 Å². The fourth-order valence-corrected chi connectivity index (χ4v) is 4.23. The Balaban J connectivity index is 0.00000144. The van der Waals surface area contributed by atoms with E-state index in [2.05, 4.69) is 28.9 Å². The van der Waals surface area contributed by atoms with Crippen LogP contribution in [-0.2, 0) is 0 Å². The first-order chi connectivity index (χ1) is 7.90. The molecule has 2 fully saturated rings. The van der Waals surface area contributed by atoms with Crippen LogP contribution in [0.2, 0.25) is 0 Å². The smallest absolute Gasteiger partial charge is 0.0108 e. The SMILES string of the molecule is CCN(CC1CCSC1)C1CCCNCC1.Cl. The average Bonchev–Trinajstić information content (AvgIpc) is 2.67. The highest BCUT2D eigenvalue weighted by atomic mass is 35.5. The van der Waals surface area contributed by atoms with Crippen LogP contribution >= 0.6 is 24.2 Å². The van der Waals surface area contributed by atoms with E-state index in [0.717, 1.165) is 12.0 Å². The lowest BCUT2D eigenvalue weighted by atomic mass is 10.0. The van der Waals surface area contributed by atoms with Crippen LogP contribution < -0.4 is 5.32 Å². The number of hydrogen-bond acceptors (Lipinski definition) is 3. The molecule has 102 valence electrons. The minimum absolute atomic E-state index is 0. The Morgan fingerprint density at radius 2 is 2.12 bits per heavy atom. The Hall–Kier alpha value is 0.560. The van der Waals surface area contributed by atoms with Crippen LogP contribution in [0.15, 0.2) is 0 Å². The van der Waals surface area contributed by atoms with Crippen molar-refractivity contribution in [2.24, 2.45) is 5.92 Å². The van der Waals surface area contributed by atoms with E-state index >= 15 is 0 Å². The maximum Gasteiger partial charge on any atom is 0.0108 e. The summed E-state index contributed by atoms with van der Waals surface area (Å²) >= 11 is 2.15. The Kier molecular flexibility index (Phi) is 7.92. The topological polar surface area (TPSA) is 15.3 Å². The van der Waals surface area contributed by atoms with Crippen molar-refractivity contribution in [3.63, 3.8) is 0 Å². The van der Waals surface area contributed by atoms with Crippen LogP contribution in [0.1, 0.15) is 32.6 Å². The molecule has 0 spiro atoms. The van der Waals surface area contributed by atoms with Gasteiger partial charge in [-0.25, -0.2) is 0 Å². The molecular formula is C13H27ClN2S. The minimum atomic E-state index is 0. The van der Waals surface area contributed by atoms with E-state index in [-0.39, 0.29) is 12.4 Å². The third-order valence-electron chi connectivity index (χ3n) is 3.98. The van der Waals surface area contributed by atoms with Gasteiger partial charge in [0.25, 0.3) is 0 Å². The molecule has 0 aromatic heterocycles. The molecule has 2 rings (SSSR count). The van der Waals surface area contributed by atoms with Gasteiger partial charge in [-0.3, -0.25) is 0 Å². The molecule has 17 heavy (non-hydrogen) atoms. The first-order valence-electron chi connectivity index (χ1n) is 6.92. The van der Waals surface area contributed by atoms with Gasteiger partial charge in [0.1, 0.15) is 0 Å². The zero-order valence-corrected chi connectivity index (χ0v) is 12.6. The molecule has 2 saturated heterocycles. The van der Waals surface area contributed by atoms with Gasteiger partial charge in [0.05, 0.1) is 0 Å². The molecule has 2 heterocycles. The van der Waals surface area contributed by atoms with E-state index in [1.165, 1.54) is 63.4 Å². The zero-order valence-electron chi connectivity index (χ0n) is 11.0. The highest BCUT2D eigenvalue weighted by Crippen LogP contribution is 2.25. The van der Waals surface area contributed by atoms with Gasteiger partial charge in [-0.2, -0.15) is 11.8 Å². The molecule has 2 unspecified atom stereocenters. The monoisotopic (exact) mass is 278 g/mol. The molecule has 4 heteroatoms. The standard InChI is InChI=1S/C13H26N2S.ClH/c1-2-15(10-12-6-9-16-11-12)13-4-3-7-14-8-5-13;/h12-14H,2-11H2,1H3;1H. The van der Waals surface area contributed by atoms with E-state index in [4.69, 9.17) is 0 Å². The Labute approximate surface area is 117 Å². The first-order valence-corrected chi connectivity index (χ1v) is 8.08. The lowest BCUT2D eigenvalue weighted by molar-refractivity contribution is 0.168. The van der Waals surface area contributed by atoms with Crippen molar-refractivity contribution >= 4 is 24.2 Å². The normalized spacial score (nSPS) is 30.0. The van der Waals surface area contributed by atoms with Crippen molar-refractivity contribution in [1.82, 2.24) is 10.2 Å². The van der Waals surface area contributed by atoms with E-state index in [0.29, 0.717) is 0 Å². The summed E-state index contributed by atoms with van der Waals surface area (Å²) in [6, 6.07) is 0.852. The van der Waals surface area contributed by atoms with Crippen molar-refractivity contribution in [3.05, 3.63) is 0 Å². The summed E-state index contributed by atoms with van der Waals surface area (Å²) in [7, 11) is 0. The number of nitrogens with one attached hydrogen (secondary N) is 1. The molecule has 0 bridgehead atoms. The molecule has 0 aromatic carbocycles. The summed E-state index contributed by atoms with van der Waals surface area (Å²) in [6.45, 7) is 7.38. The van der Waals surface area contributed by atoms with Gasteiger partial charge in [0.2, 0.25) is 0 Å². The van der Waals surface area contributed by atoms with Gasteiger partial charge in [-0.05, 0) is 62.7 Å². The van der Waals surface area contributed by atoms with Crippen molar-refractivity contribution in [1.29, 1.82) is 0 Å². The van der Waals surface area contributed by atoms with Crippen molar-refractivity contribution in [3.8, 4) is 0 Å². The molecule has 0 aliphatic carbocycles. The third-order valence-corrected chi connectivity index (χ3v) is 5.22. The number of hydrogen-bond donors (Lipinski definition) is 1. The number of rotatable bonds is 4. The van der Waals surface area contributed by atoms with Crippen LogP contribution in [0, 0.1) is 5.92 Å². The lowest BCUT2D eigenvalue weighted by Crippen LogP contribution is -2.39. The van der Waals surface area contributed by atoms with E-state index in [1.807, 2.05) is 0 Å². The van der Waals surface area contributed by atoms with Gasteiger partial charge in [-0.1, -0.05) is 6.92 Å². The van der Waals surface area contributed by atoms with Crippen molar-refractivity contribution in [2.75, 3.05) is 37.7 Å². The quantitative estimate of drug-likeness (QED) is 0.851. The summed E-state index contributed by atoms with van der Waals surface area (Å²) in [4.78, 5) is 2.75. The molecule has 2 atom stereocenters. The lowest BCUT2D eigenvalue weighted by Gasteiger charge is -2.31. The number of thioether (sulfide) groups is 1. The molecular weight excluding hydrogens is 252 g/mol. The highest BCUT2D eigenvalue weighted by molar-refractivity contribution is 7.99. The van der Waals surface area contributed by atoms with Gasteiger partial charge in [0.15, 0.2) is 0 Å². The number of halogens is 1. The minimum Gasteiger partial charge on any atom is -0.317 e. The van der Waals surface area contributed by atoms with Crippen LogP contribution in [0.25, 0.3) is 0 Å². The molecule has 0 radical (unpaired) electrons. The summed E-state index contributed by atoms with van der Waals surface area (Å²) < 4.78 is 0. The second-order valence-corrected chi connectivity index (χ2v) is 6.30. The van der Waals surface area contributed by atoms with Crippen LogP contribution in [0.3, 0.4) is 0 Å². The molecule has 2 aliphatic rings. The van der Waals surface area contributed by atoms with E-state index in [9.17, 15) is 0 Å². The van der Waals surface area contributed by atoms with E-state index < -0.39 is 0 Å². The Morgan fingerprint density at radius 3 is 2.82 bits per heavy atom. The Morgan fingerprint density at radius 1 is 1.24 bits per heavy atom. The first kappa shape index (κ1) is 15.6. The maximum atomic E-state index is 3.52. The molecule has 0 aromatic rings. The maximum absolute atomic E-state index is 3.52. The van der Waals surface area contributed by atoms with Gasteiger partial charge in [0, 0.05) is 12.6 Å². The van der Waals surface area contributed by atoms with Crippen LogP contribution in [0.4, 0.5) is 0 Å². The molecule has 0 saturated carbocycles. The highest BCUT2D eigenvalue weighted by Gasteiger charge is 2.23. The summed E-state index contributed by atoms with van der Waals surface area (Å²) in [5.74, 6) is 3.77.